The molecular formula is C25H37N5O4. The van der Waals surface area contributed by atoms with Gasteiger partial charge < -0.3 is 32.9 Å². The first kappa shape index (κ1) is 28.6. The molecule has 2 aromatic rings. The van der Waals surface area contributed by atoms with Crippen LogP contribution in [0.3, 0.4) is 0 Å². The number of amides is 3. The Bertz CT molecular complexity index is 1010. The second-order valence-electron chi connectivity index (χ2n) is 8.01. The number of hydrogen-bond donors (Lipinski definition) is 6. The molecule has 0 fully saturated rings. The SMILES string of the molecule is C.C.NCCC[C@@H]1NC(=O)[C@@H](N)Cc2cc(ccc2O)-c2cccc(c2)C[C@@H](C(N)=O)NC1=O. The molecule has 4 bridgehead atoms. The van der Waals surface area contributed by atoms with Crippen LogP contribution in [0.4, 0.5) is 0 Å². The van der Waals surface area contributed by atoms with Crippen LogP contribution in [-0.2, 0) is 27.2 Å². The van der Waals surface area contributed by atoms with Crippen molar-refractivity contribution in [2.75, 3.05) is 6.54 Å². The van der Waals surface area contributed by atoms with Gasteiger partial charge >= 0.3 is 0 Å². The number of fused-ring (bicyclic) bond motifs is 5. The van der Waals surface area contributed by atoms with Crippen molar-refractivity contribution in [2.24, 2.45) is 17.2 Å². The molecule has 9 N–H and O–H groups in total. The lowest BCUT2D eigenvalue weighted by molar-refractivity contribution is -0.131. The molecule has 2 aromatic carbocycles. The Labute approximate surface area is 201 Å². The van der Waals surface area contributed by atoms with E-state index in [4.69, 9.17) is 17.2 Å². The van der Waals surface area contributed by atoms with Gasteiger partial charge in [-0.05, 0) is 53.8 Å². The number of primary amides is 1. The summed E-state index contributed by atoms with van der Waals surface area (Å²) < 4.78 is 0. The molecule has 3 atom stereocenters. The largest absolute Gasteiger partial charge is 0.508 e. The summed E-state index contributed by atoms with van der Waals surface area (Å²) >= 11 is 0. The van der Waals surface area contributed by atoms with Crippen LogP contribution in [0.1, 0.15) is 38.8 Å². The van der Waals surface area contributed by atoms with Crippen LogP contribution in [0.5, 0.6) is 5.75 Å². The Morgan fingerprint density at radius 2 is 1.71 bits per heavy atom. The van der Waals surface area contributed by atoms with Crippen molar-refractivity contribution in [1.29, 1.82) is 0 Å². The van der Waals surface area contributed by atoms with E-state index in [1.54, 1.807) is 18.2 Å². The molecule has 9 heteroatoms. The molecule has 0 saturated heterocycles. The molecular weight excluding hydrogens is 434 g/mol. The number of nitrogens with two attached hydrogens (primary N) is 3. The second kappa shape index (κ2) is 12.7. The highest BCUT2D eigenvalue weighted by Gasteiger charge is 2.28. The third-order valence-corrected chi connectivity index (χ3v) is 5.55. The van der Waals surface area contributed by atoms with E-state index in [1.807, 2.05) is 24.3 Å². The normalized spacial score (nSPS) is 20.4. The third-order valence-electron chi connectivity index (χ3n) is 5.55. The number of phenolic OH excluding ortho intramolecular Hbond substituents is 1. The lowest BCUT2D eigenvalue weighted by atomic mass is 9.96. The van der Waals surface area contributed by atoms with Crippen LogP contribution < -0.4 is 27.8 Å². The van der Waals surface area contributed by atoms with Gasteiger partial charge in [0, 0.05) is 12.8 Å². The zero-order valence-electron chi connectivity index (χ0n) is 17.7. The molecule has 0 saturated carbocycles. The van der Waals surface area contributed by atoms with Crippen LogP contribution in [0.2, 0.25) is 0 Å². The van der Waals surface area contributed by atoms with Crippen molar-refractivity contribution in [3.05, 3.63) is 53.6 Å². The van der Waals surface area contributed by atoms with Gasteiger partial charge in [0.05, 0.1) is 6.04 Å². The first-order chi connectivity index (χ1) is 15.3. The molecule has 186 valence electrons. The van der Waals surface area contributed by atoms with Gasteiger partial charge in [-0.2, -0.15) is 0 Å². The Hall–Kier alpha value is -3.43. The maximum Gasteiger partial charge on any atom is 0.243 e. The summed E-state index contributed by atoms with van der Waals surface area (Å²) in [6.45, 7) is 0.332. The quantitative estimate of drug-likeness (QED) is 0.387. The maximum absolute atomic E-state index is 12.9. The molecule has 9 nitrogen and oxygen atoms in total. The number of hydrogen-bond acceptors (Lipinski definition) is 6. The van der Waals surface area contributed by atoms with Crippen molar-refractivity contribution >= 4 is 17.7 Å². The molecule has 1 aliphatic heterocycles. The summed E-state index contributed by atoms with van der Waals surface area (Å²) in [6.07, 6.45) is 1.04. The molecule has 0 radical (unpaired) electrons. The Morgan fingerprint density at radius 1 is 1.00 bits per heavy atom. The standard InChI is InChI=1S/C23H29N5O4.2CH4/c24-8-2-5-18-23(32)28-19(21(26)30)10-13-3-1-4-14(9-13)15-6-7-20(29)16(11-15)12-17(25)22(31)27-18;;/h1,3-4,6-7,9,11,17-19,29H,2,5,8,10,12,24-25H2,(H2,26,30)(H,27,31)(H,28,32);2*1H4/t17-,18-,19-;;/m0../s1. The highest BCUT2D eigenvalue weighted by atomic mass is 16.3. The molecule has 0 aromatic heterocycles. The number of rotatable bonds is 4. The van der Waals surface area contributed by atoms with Gasteiger partial charge in [0.2, 0.25) is 17.7 Å². The van der Waals surface area contributed by atoms with Gasteiger partial charge in [0.15, 0.2) is 0 Å². The summed E-state index contributed by atoms with van der Waals surface area (Å²) in [4.78, 5) is 37.7. The minimum absolute atomic E-state index is 0. The first-order valence-electron chi connectivity index (χ1n) is 10.6. The maximum atomic E-state index is 12.9. The fraction of sp³-hybridized carbons (Fsp3) is 0.400. The van der Waals surface area contributed by atoms with Gasteiger partial charge in [-0.15, -0.1) is 0 Å². The van der Waals surface area contributed by atoms with Crippen molar-refractivity contribution in [2.45, 2.75) is 58.7 Å². The summed E-state index contributed by atoms with van der Waals surface area (Å²) in [5.41, 5.74) is 20.2. The van der Waals surface area contributed by atoms with E-state index in [9.17, 15) is 19.5 Å². The highest BCUT2D eigenvalue weighted by Crippen LogP contribution is 2.28. The number of carbonyl (C=O) groups excluding carboxylic acids is 3. The first-order valence-corrected chi connectivity index (χ1v) is 10.6. The van der Waals surface area contributed by atoms with E-state index in [0.717, 1.165) is 16.7 Å². The number of carbonyl (C=O) groups is 3. The molecule has 0 aliphatic carbocycles. The topological polar surface area (TPSA) is 174 Å². The second-order valence-corrected chi connectivity index (χ2v) is 8.01. The summed E-state index contributed by atoms with van der Waals surface area (Å²) in [5.74, 6) is -1.72. The number of nitrogens with one attached hydrogen (secondary N) is 2. The van der Waals surface area contributed by atoms with E-state index in [0.29, 0.717) is 18.5 Å². The summed E-state index contributed by atoms with van der Waals surface area (Å²) in [5, 5.41) is 15.6. The van der Waals surface area contributed by atoms with Gasteiger partial charge in [-0.3, -0.25) is 14.4 Å². The molecule has 0 unspecified atom stereocenters. The van der Waals surface area contributed by atoms with Crippen LogP contribution in [-0.4, -0.2) is 47.5 Å². The van der Waals surface area contributed by atoms with Crippen molar-refractivity contribution in [3.8, 4) is 16.9 Å². The lowest BCUT2D eigenvalue weighted by Crippen LogP contribution is -2.56. The van der Waals surface area contributed by atoms with E-state index < -0.39 is 35.8 Å². The van der Waals surface area contributed by atoms with E-state index in [-0.39, 0.29) is 39.9 Å². The van der Waals surface area contributed by atoms with Crippen LogP contribution in [0.25, 0.3) is 11.1 Å². The van der Waals surface area contributed by atoms with E-state index in [2.05, 4.69) is 10.6 Å². The molecule has 3 amide bonds. The van der Waals surface area contributed by atoms with Crippen molar-refractivity contribution < 1.29 is 19.5 Å². The Balaban J connectivity index is 0.00000289. The molecule has 1 aliphatic rings. The highest BCUT2D eigenvalue weighted by molar-refractivity contribution is 5.93. The monoisotopic (exact) mass is 471 g/mol. The van der Waals surface area contributed by atoms with Crippen LogP contribution >= 0.6 is 0 Å². The fourth-order valence-corrected chi connectivity index (χ4v) is 3.74. The van der Waals surface area contributed by atoms with Gasteiger partial charge in [0.25, 0.3) is 0 Å². The average Bonchev–Trinajstić information content (AvgIpc) is 2.76. The molecule has 3 rings (SSSR count). The third kappa shape index (κ3) is 7.03. The zero-order valence-corrected chi connectivity index (χ0v) is 17.7. The molecule has 34 heavy (non-hydrogen) atoms. The summed E-state index contributed by atoms with van der Waals surface area (Å²) in [7, 11) is 0. The number of benzene rings is 2. The smallest absolute Gasteiger partial charge is 0.243 e. The predicted molar refractivity (Wildman–Crippen MR) is 134 cm³/mol. The van der Waals surface area contributed by atoms with E-state index >= 15 is 0 Å². The van der Waals surface area contributed by atoms with E-state index in [1.165, 1.54) is 0 Å². The fourth-order valence-electron chi connectivity index (χ4n) is 3.74. The zero-order chi connectivity index (χ0) is 23.3. The average molecular weight is 472 g/mol. The minimum Gasteiger partial charge on any atom is -0.508 e. The molecule has 1 heterocycles. The Morgan fingerprint density at radius 3 is 2.38 bits per heavy atom. The molecule has 0 spiro atoms. The van der Waals surface area contributed by atoms with Gasteiger partial charge in [-0.25, -0.2) is 0 Å². The van der Waals surface area contributed by atoms with Crippen LogP contribution in [0, 0.1) is 0 Å². The van der Waals surface area contributed by atoms with Gasteiger partial charge in [0.1, 0.15) is 17.8 Å². The van der Waals surface area contributed by atoms with Gasteiger partial charge in [-0.1, -0.05) is 45.2 Å². The summed E-state index contributed by atoms with van der Waals surface area (Å²) in [6, 6.07) is 9.71. The lowest BCUT2D eigenvalue weighted by Gasteiger charge is -2.23. The minimum atomic E-state index is -0.993. The predicted octanol–water partition coefficient (Wildman–Crippen LogP) is 0.951. The number of aromatic hydroxyl groups is 1. The van der Waals surface area contributed by atoms with Crippen molar-refractivity contribution in [1.82, 2.24) is 10.6 Å². The van der Waals surface area contributed by atoms with Crippen LogP contribution in [0.15, 0.2) is 42.5 Å². The Kier molecular flexibility index (Phi) is 10.7. The number of phenols is 1. The van der Waals surface area contributed by atoms with Crippen molar-refractivity contribution in [3.63, 3.8) is 0 Å².